The number of benzene rings is 2. The third kappa shape index (κ3) is 4.79. The zero-order valence-corrected chi connectivity index (χ0v) is 21.2. The number of rotatable bonds is 9. The lowest BCUT2D eigenvalue weighted by Crippen LogP contribution is -1.99. The Morgan fingerprint density at radius 1 is 0.946 bits per heavy atom. The highest BCUT2D eigenvalue weighted by Gasteiger charge is 2.17. The molecule has 3 heterocycles. The number of aliphatic hydroxyl groups excluding tert-OH is 2. The molecule has 0 fully saturated rings. The number of aliphatic hydroxyl groups is 2. The molecular weight excluding hydrogens is 494 g/mol. The molecule has 3 N–H and O–H groups in total. The molecule has 0 spiro atoms. The average molecular weight is 520 g/mol. The van der Waals surface area contributed by atoms with Crippen molar-refractivity contribution in [2.45, 2.75) is 13.2 Å². The average Bonchev–Trinajstić information content (AvgIpc) is 3.59. The SMILES string of the molecule is COc1cc(-n2cnc(Nc3nc(-c4cccc(CO)c4)nc4sc(CO)cc34)c2)cc(OC)c1OC. The second-order valence-electron chi connectivity index (χ2n) is 8.02. The van der Waals surface area contributed by atoms with Gasteiger partial charge in [-0.15, -0.1) is 11.3 Å². The predicted octanol–water partition coefficient (Wildman–Crippen LogP) is 4.30. The van der Waals surface area contributed by atoms with Gasteiger partial charge in [0.1, 0.15) is 22.8 Å². The number of fused-ring (bicyclic) bond motifs is 1. The summed E-state index contributed by atoms with van der Waals surface area (Å²) in [4.78, 5) is 15.5. The second-order valence-corrected chi connectivity index (χ2v) is 9.13. The summed E-state index contributed by atoms with van der Waals surface area (Å²) in [5.41, 5.74) is 2.31. The lowest BCUT2D eigenvalue weighted by Gasteiger charge is -2.14. The highest BCUT2D eigenvalue weighted by molar-refractivity contribution is 7.18. The first-order chi connectivity index (χ1) is 18.1. The van der Waals surface area contributed by atoms with Crippen LogP contribution in [-0.4, -0.2) is 51.1 Å². The lowest BCUT2D eigenvalue weighted by molar-refractivity contribution is 0.282. The normalized spacial score (nSPS) is 11.1. The van der Waals surface area contributed by atoms with Crippen LogP contribution in [-0.2, 0) is 13.2 Å². The number of nitrogens with one attached hydrogen (secondary N) is 1. The Bertz CT molecular complexity index is 1540. The van der Waals surface area contributed by atoms with Crippen molar-refractivity contribution in [2.75, 3.05) is 26.6 Å². The summed E-state index contributed by atoms with van der Waals surface area (Å²) < 4.78 is 18.2. The van der Waals surface area contributed by atoms with Crippen LogP contribution in [0.1, 0.15) is 10.4 Å². The molecule has 11 heteroatoms. The maximum absolute atomic E-state index is 9.70. The third-order valence-electron chi connectivity index (χ3n) is 5.74. The van der Waals surface area contributed by atoms with E-state index >= 15 is 0 Å². The molecule has 10 nitrogen and oxygen atoms in total. The Morgan fingerprint density at radius 2 is 1.73 bits per heavy atom. The molecular formula is C26H25N5O5S. The first-order valence-electron chi connectivity index (χ1n) is 11.3. The number of methoxy groups -OCH3 is 3. The first kappa shape index (κ1) is 24.5. The van der Waals surface area contributed by atoms with Gasteiger partial charge in [-0.05, 0) is 17.7 Å². The molecule has 0 amide bonds. The monoisotopic (exact) mass is 519 g/mol. The molecule has 2 aromatic carbocycles. The van der Waals surface area contributed by atoms with Gasteiger partial charge in [0.2, 0.25) is 5.75 Å². The zero-order valence-electron chi connectivity index (χ0n) is 20.4. The van der Waals surface area contributed by atoms with Crippen molar-refractivity contribution in [1.82, 2.24) is 19.5 Å². The van der Waals surface area contributed by atoms with E-state index in [1.165, 1.54) is 11.3 Å². The topological polar surface area (TPSA) is 124 Å². The van der Waals surface area contributed by atoms with E-state index in [1.54, 1.807) is 27.7 Å². The van der Waals surface area contributed by atoms with Crippen LogP contribution in [0.15, 0.2) is 55.0 Å². The maximum atomic E-state index is 9.70. The molecule has 5 aromatic rings. The molecule has 3 aromatic heterocycles. The lowest BCUT2D eigenvalue weighted by atomic mass is 10.1. The number of hydrogen-bond acceptors (Lipinski definition) is 10. The van der Waals surface area contributed by atoms with E-state index < -0.39 is 0 Å². The molecule has 0 aliphatic heterocycles. The fraction of sp³-hybridized carbons (Fsp3) is 0.192. The van der Waals surface area contributed by atoms with E-state index in [0.29, 0.717) is 34.7 Å². The third-order valence-corrected chi connectivity index (χ3v) is 6.76. The van der Waals surface area contributed by atoms with E-state index in [0.717, 1.165) is 31.9 Å². The minimum Gasteiger partial charge on any atom is -0.493 e. The molecule has 5 rings (SSSR count). The van der Waals surface area contributed by atoms with Crippen molar-refractivity contribution < 1.29 is 24.4 Å². The highest BCUT2D eigenvalue weighted by atomic mass is 32.1. The second kappa shape index (κ2) is 10.4. The highest BCUT2D eigenvalue weighted by Crippen LogP contribution is 2.39. The van der Waals surface area contributed by atoms with E-state index in [9.17, 15) is 10.2 Å². The van der Waals surface area contributed by atoms with E-state index in [2.05, 4.69) is 10.3 Å². The molecule has 0 unspecified atom stereocenters. The Labute approximate surface area is 216 Å². The Morgan fingerprint density at radius 3 is 2.41 bits per heavy atom. The van der Waals surface area contributed by atoms with Gasteiger partial charge in [-0.3, -0.25) is 0 Å². The molecule has 0 saturated heterocycles. The van der Waals surface area contributed by atoms with Gasteiger partial charge in [0.25, 0.3) is 0 Å². The summed E-state index contributed by atoms with van der Waals surface area (Å²) in [6.07, 6.45) is 3.49. The number of aromatic nitrogens is 4. The van der Waals surface area contributed by atoms with Gasteiger partial charge in [0, 0.05) is 22.6 Å². The van der Waals surface area contributed by atoms with Crippen LogP contribution in [0, 0.1) is 0 Å². The van der Waals surface area contributed by atoms with Crippen LogP contribution in [0.3, 0.4) is 0 Å². The summed E-state index contributed by atoms with van der Waals surface area (Å²) >= 11 is 1.40. The first-order valence-corrected chi connectivity index (χ1v) is 12.1. The van der Waals surface area contributed by atoms with Crippen LogP contribution in [0.25, 0.3) is 27.3 Å². The van der Waals surface area contributed by atoms with Gasteiger partial charge in [-0.2, -0.15) is 0 Å². The van der Waals surface area contributed by atoms with Crippen LogP contribution < -0.4 is 19.5 Å². The summed E-state index contributed by atoms with van der Waals surface area (Å²) in [5.74, 6) is 3.18. The van der Waals surface area contributed by atoms with Crippen LogP contribution in [0.4, 0.5) is 11.6 Å². The molecule has 0 aliphatic carbocycles. The van der Waals surface area contributed by atoms with Crippen LogP contribution in [0.2, 0.25) is 0 Å². The number of nitrogens with zero attached hydrogens (tertiary/aromatic N) is 4. The molecule has 37 heavy (non-hydrogen) atoms. The number of hydrogen-bond donors (Lipinski definition) is 3. The van der Waals surface area contributed by atoms with Crippen molar-refractivity contribution >= 4 is 33.2 Å². The number of anilines is 2. The maximum Gasteiger partial charge on any atom is 0.203 e. The molecule has 0 radical (unpaired) electrons. The van der Waals surface area contributed by atoms with Crippen molar-refractivity contribution in [3.63, 3.8) is 0 Å². The van der Waals surface area contributed by atoms with Gasteiger partial charge < -0.3 is 34.3 Å². The minimum absolute atomic E-state index is 0.0762. The summed E-state index contributed by atoms with van der Waals surface area (Å²) in [6, 6.07) is 13.0. The predicted molar refractivity (Wildman–Crippen MR) is 141 cm³/mol. The van der Waals surface area contributed by atoms with E-state index in [1.807, 2.05) is 53.2 Å². The van der Waals surface area contributed by atoms with E-state index in [-0.39, 0.29) is 13.2 Å². The number of thiophene rings is 1. The van der Waals surface area contributed by atoms with Crippen LogP contribution in [0.5, 0.6) is 17.2 Å². The standard InChI is InChI=1S/C26H25N5O5S/c1-34-20-8-17(9-21(35-2)23(20)36-3)31-11-22(27-14-31)28-25-19-10-18(13-33)37-26(19)30-24(29-25)16-6-4-5-15(7-16)12-32/h4-11,14,32-33H,12-13H2,1-3H3,(H,28,29,30). The molecule has 0 aliphatic rings. The molecule has 0 saturated carbocycles. The Kier molecular flexibility index (Phi) is 6.91. The van der Waals surface area contributed by atoms with Crippen molar-refractivity contribution in [3.05, 3.63) is 65.4 Å². The fourth-order valence-corrected chi connectivity index (χ4v) is 4.84. The molecule has 190 valence electrons. The van der Waals surface area contributed by atoms with E-state index in [4.69, 9.17) is 24.2 Å². The van der Waals surface area contributed by atoms with Gasteiger partial charge in [-0.1, -0.05) is 18.2 Å². The summed E-state index contributed by atoms with van der Waals surface area (Å²) in [5, 5.41) is 23.3. The molecule has 0 bridgehead atoms. The summed E-state index contributed by atoms with van der Waals surface area (Å²) in [6.45, 7) is -0.168. The smallest absolute Gasteiger partial charge is 0.203 e. The van der Waals surface area contributed by atoms with Crippen LogP contribution >= 0.6 is 11.3 Å². The largest absolute Gasteiger partial charge is 0.493 e. The quantitative estimate of drug-likeness (QED) is 0.261. The minimum atomic E-state index is -0.0917. The van der Waals surface area contributed by atoms with Gasteiger partial charge in [0.15, 0.2) is 17.3 Å². The van der Waals surface area contributed by atoms with Crippen molar-refractivity contribution in [1.29, 1.82) is 0 Å². The zero-order chi connectivity index (χ0) is 25.9. The number of imidazole rings is 1. The Hall–Kier alpha value is -4.19. The molecule has 0 atom stereocenters. The summed E-state index contributed by atoms with van der Waals surface area (Å²) in [7, 11) is 4.69. The fourth-order valence-electron chi connectivity index (χ4n) is 3.95. The van der Waals surface area contributed by atoms with Gasteiger partial charge in [-0.25, -0.2) is 15.0 Å². The number of ether oxygens (including phenoxy) is 3. The van der Waals surface area contributed by atoms with Crippen molar-refractivity contribution in [2.24, 2.45) is 0 Å². The Balaban J connectivity index is 1.54. The van der Waals surface area contributed by atoms with Gasteiger partial charge in [0.05, 0.1) is 51.8 Å². The van der Waals surface area contributed by atoms with Crippen molar-refractivity contribution in [3.8, 4) is 34.3 Å². The van der Waals surface area contributed by atoms with Gasteiger partial charge >= 0.3 is 0 Å².